The zero-order valence-electron chi connectivity index (χ0n) is 21.3. The van der Waals surface area contributed by atoms with Crippen LogP contribution in [0.5, 0.6) is 17.2 Å². The maximum absolute atomic E-state index is 15.3. The van der Waals surface area contributed by atoms with Gasteiger partial charge in [0.25, 0.3) is 11.1 Å². The van der Waals surface area contributed by atoms with Gasteiger partial charge in [0, 0.05) is 16.7 Å². The van der Waals surface area contributed by atoms with Crippen LogP contribution in [-0.2, 0) is 13.6 Å². The topological polar surface area (TPSA) is 84.5 Å². The lowest BCUT2D eigenvalue weighted by Gasteiger charge is -2.19. The molecule has 5 rings (SSSR count). The van der Waals surface area contributed by atoms with Crippen LogP contribution in [0.3, 0.4) is 0 Å². The second-order valence-electron chi connectivity index (χ2n) is 8.93. The Bertz CT molecular complexity index is 1910. The molecule has 0 aliphatic heterocycles. The molecule has 3 aromatic carbocycles. The van der Waals surface area contributed by atoms with Gasteiger partial charge in [0.1, 0.15) is 34.1 Å². The van der Waals surface area contributed by atoms with E-state index in [1.165, 1.54) is 32.4 Å². The molecule has 0 spiro atoms. The highest BCUT2D eigenvalue weighted by Crippen LogP contribution is 2.29. The minimum Gasteiger partial charge on any atom is -0.497 e. The third-order valence-corrected chi connectivity index (χ3v) is 7.10. The van der Waals surface area contributed by atoms with Gasteiger partial charge in [0.15, 0.2) is 0 Å². The number of rotatable bonds is 6. The summed E-state index contributed by atoms with van der Waals surface area (Å²) in [4.78, 5) is 41.0. The summed E-state index contributed by atoms with van der Waals surface area (Å²) in [7, 11) is 2.97. The second kappa shape index (κ2) is 10.5. The van der Waals surface area contributed by atoms with Gasteiger partial charge in [-0.25, -0.2) is 13.8 Å². The fourth-order valence-electron chi connectivity index (χ4n) is 4.36. The van der Waals surface area contributed by atoms with E-state index in [0.29, 0.717) is 20.6 Å². The van der Waals surface area contributed by atoms with E-state index < -0.39 is 22.6 Å². The number of aromatic nitrogens is 3. The Morgan fingerprint density at radius 2 is 1.64 bits per heavy atom. The van der Waals surface area contributed by atoms with Gasteiger partial charge < -0.3 is 9.47 Å². The Labute approximate surface area is 235 Å². The van der Waals surface area contributed by atoms with Crippen molar-refractivity contribution in [3.8, 4) is 22.9 Å². The van der Waals surface area contributed by atoms with Crippen molar-refractivity contribution in [2.45, 2.75) is 13.5 Å². The highest BCUT2D eigenvalue weighted by Gasteiger charge is 2.24. The van der Waals surface area contributed by atoms with Gasteiger partial charge in [-0.3, -0.25) is 18.7 Å². The summed E-state index contributed by atoms with van der Waals surface area (Å²) in [5.41, 5.74) is -0.753. The number of halogens is 2. The third kappa shape index (κ3) is 4.87. The number of hydrogen-bond donors (Lipinski definition) is 0. The van der Waals surface area contributed by atoms with Crippen molar-refractivity contribution in [2.24, 2.45) is 7.05 Å². The molecule has 10 heteroatoms. The van der Waals surface area contributed by atoms with E-state index in [1.54, 1.807) is 42.5 Å². The van der Waals surface area contributed by atoms with Crippen molar-refractivity contribution in [1.82, 2.24) is 13.7 Å². The van der Waals surface area contributed by atoms with Crippen molar-refractivity contribution < 1.29 is 13.9 Å². The number of nitrogens with zero attached hydrogens (tertiary/aromatic N) is 3. The highest BCUT2D eigenvalue weighted by atomic mass is 127. The number of benzene rings is 3. The lowest BCUT2D eigenvalue weighted by Crippen LogP contribution is -2.42. The molecule has 2 heterocycles. The number of fused-ring (bicyclic) bond motifs is 1. The summed E-state index contributed by atoms with van der Waals surface area (Å²) >= 11 is 1.97. The summed E-state index contributed by atoms with van der Waals surface area (Å²) in [5.74, 6) is 0.339. The molecule has 0 unspecified atom stereocenters. The van der Waals surface area contributed by atoms with Crippen LogP contribution in [0.25, 0.3) is 16.7 Å². The molecule has 0 atom stereocenters. The standard InChI is InChI=1S/C29H23FIN3O5/c1-17-6-4-5-7-23(17)39-24-15-25(35)32(2)27-26(24)28(36)33(16-18-8-11-20(38-3)12-9-18)29(37)34(27)22-13-10-19(31)14-21(22)30/h4-15H,16H2,1-3H3. The Balaban J connectivity index is 1.88. The van der Waals surface area contributed by atoms with Crippen LogP contribution in [0.15, 0.2) is 87.2 Å². The fourth-order valence-corrected chi connectivity index (χ4v) is 4.82. The average Bonchev–Trinajstić information content (AvgIpc) is 2.91. The molecule has 0 radical (unpaired) electrons. The second-order valence-corrected chi connectivity index (χ2v) is 10.2. The van der Waals surface area contributed by atoms with E-state index in [4.69, 9.17) is 9.47 Å². The molecule has 8 nitrogen and oxygen atoms in total. The van der Waals surface area contributed by atoms with E-state index in [-0.39, 0.29) is 29.0 Å². The van der Waals surface area contributed by atoms with Crippen molar-refractivity contribution in [3.05, 3.63) is 125 Å². The molecular formula is C29H23FIN3O5. The molecule has 0 amide bonds. The number of hydrogen-bond acceptors (Lipinski definition) is 5. The molecule has 39 heavy (non-hydrogen) atoms. The van der Waals surface area contributed by atoms with E-state index in [1.807, 2.05) is 41.6 Å². The van der Waals surface area contributed by atoms with Gasteiger partial charge in [-0.1, -0.05) is 30.3 Å². The molecule has 2 aromatic heterocycles. The molecule has 0 fully saturated rings. The summed E-state index contributed by atoms with van der Waals surface area (Å²) < 4.78 is 30.5. The van der Waals surface area contributed by atoms with Crippen LogP contribution in [0, 0.1) is 16.3 Å². The van der Waals surface area contributed by atoms with Crippen molar-refractivity contribution in [2.75, 3.05) is 7.11 Å². The minimum atomic E-state index is -0.800. The first-order chi connectivity index (χ1) is 18.7. The van der Waals surface area contributed by atoms with Crippen LogP contribution < -0.4 is 26.3 Å². The Morgan fingerprint density at radius 3 is 2.31 bits per heavy atom. The molecule has 0 aliphatic carbocycles. The average molecular weight is 639 g/mol. The summed E-state index contributed by atoms with van der Waals surface area (Å²) in [6.45, 7) is 1.73. The zero-order valence-corrected chi connectivity index (χ0v) is 23.4. The first kappa shape index (κ1) is 26.4. The van der Waals surface area contributed by atoms with Crippen LogP contribution in [0.1, 0.15) is 11.1 Å². The number of methoxy groups -OCH3 is 1. The lowest BCUT2D eigenvalue weighted by atomic mass is 10.2. The number of ether oxygens (including phenoxy) is 2. The monoisotopic (exact) mass is 639 g/mol. The smallest absolute Gasteiger partial charge is 0.337 e. The van der Waals surface area contributed by atoms with Gasteiger partial charge in [-0.2, -0.15) is 0 Å². The first-order valence-electron chi connectivity index (χ1n) is 11.9. The molecule has 0 bridgehead atoms. The maximum Gasteiger partial charge on any atom is 0.337 e. The molecule has 0 N–H and O–H groups in total. The van der Waals surface area contributed by atoms with Gasteiger partial charge in [-0.05, 0) is 77.0 Å². The fraction of sp³-hybridized carbons (Fsp3) is 0.138. The molecular weight excluding hydrogens is 616 g/mol. The normalized spacial score (nSPS) is 11.1. The molecule has 0 saturated heterocycles. The molecule has 0 aliphatic rings. The first-order valence-corrected chi connectivity index (χ1v) is 13.0. The molecule has 0 saturated carbocycles. The van der Waals surface area contributed by atoms with Crippen LogP contribution in [0.2, 0.25) is 0 Å². The number of aryl methyl sites for hydroxylation is 2. The van der Waals surface area contributed by atoms with E-state index in [9.17, 15) is 14.4 Å². The molecule has 198 valence electrons. The Hall–Kier alpha value is -4.19. The SMILES string of the molecule is COc1ccc(Cn2c(=O)c3c(Oc4ccccc4C)cc(=O)n(C)c3n(-c3ccc(I)cc3F)c2=O)cc1. The van der Waals surface area contributed by atoms with Gasteiger partial charge >= 0.3 is 5.69 Å². The zero-order chi connectivity index (χ0) is 27.8. The van der Waals surface area contributed by atoms with E-state index in [2.05, 4.69) is 0 Å². The minimum absolute atomic E-state index is 0.0319. The van der Waals surface area contributed by atoms with E-state index in [0.717, 1.165) is 19.3 Å². The van der Waals surface area contributed by atoms with Crippen molar-refractivity contribution in [1.29, 1.82) is 0 Å². The highest BCUT2D eigenvalue weighted by molar-refractivity contribution is 14.1. The maximum atomic E-state index is 15.3. The summed E-state index contributed by atoms with van der Waals surface area (Å²) in [5, 5.41) is -0.0357. The van der Waals surface area contributed by atoms with Crippen LogP contribution >= 0.6 is 22.6 Å². The van der Waals surface area contributed by atoms with Crippen molar-refractivity contribution >= 4 is 33.6 Å². The van der Waals surface area contributed by atoms with E-state index >= 15 is 4.39 Å². The quantitative estimate of drug-likeness (QED) is 0.251. The van der Waals surface area contributed by atoms with Crippen LogP contribution in [-0.4, -0.2) is 20.8 Å². The van der Waals surface area contributed by atoms with Gasteiger partial charge in [-0.15, -0.1) is 0 Å². The predicted molar refractivity (Wildman–Crippen MR) is 155 cm³/mol. The van der Waals surface area contributed by atoms with Crippen LogP contribution in [0.4, 0.5) is 4.39 Å². The number of pyridine rings is 1. The Kier molecular flexibility index (Phi) is 7.13. The largest absolute Gasteiger partial charge is 0.497 e. The summed E-state index contributed by atoms with van der Waals surface area (Å²) in [6, 6.07) is 19.6. The summed E-state index contributed by atoms with van der Waals surface area (Å²) in [6.07, 6.45) is 0. The van der Waals surface area contributed by atoms with Gasteiger partial charge in [0.05, 0.1) is 19.3 Å². The predicted octanol–water partition coefficient (Wildman–Crippen LogP) is 4.75. The molecule has 5 aromatic rings. The Morgan fingerprint density at radius 1 is 0.923 bits per heavy atom. The van der Waals surface area contributed by atoms with Crippen molar-refractivity contribution in [3.63, 3.8) is 0 Å². The lowest BCUT2D eigenvalue weighted by molar-refractivity contribution is 0.414. The third-order valence-electron chi connectivity index (χ3n) is 6.43. The number of para-hydroxylation sites is 1. The van der Waals surface area contributed by atoms with Gasteiger partial charge in [0.2, 0.25) is 0 Å².